The van der Waals surface area contributed by atoms with Gasteiger partial charge in [0.15, 0.2) is 0 Å². The van der Waals surface area contributed by atoms with Crippen molar-refractivity contribution in [2.75, 3.05) is 18.1 Å². The number of fused-ring (bicyclic) bond motifs is 1. The second-order valence-electron chi connectivity index (χ2n) is 6.72. The number of carbonyl (C=O) groups excluding carboxylic acids is 2. The Morgan fingerprint density at radius 2 is 2.26 bits per heavy atom. The minimum absolute atomic E-state index is 0.0000916. The van der Waals surface area contributed by atoms with Gasteiger partial charge in [0.25, 0.3) is 0 Å². The Bertz CT molecular complexity index is 916. The van der Waals surface area contributed by atoms with Crippen molar-refractivity contribution in [3.63, 3.8) is 0 Å². The molecule has 1 aromatic carbocycles. The van der Waals surface area contributed by atoms with Gasteiger partial charge in [-0.1, -0.05) is 17.7 Å². The highest BCUT2D eigenvalue weighted by molar-refractivity contribution is 6.30. The fraction of sp³-hybridized carbons (Fsp3) is 0.389. The van der Waals surface area contributed by atoms with E-state index in [9.17, 15) is 14.0 Å². The van der Waals surface area contributed by atoms with E-state index in [4.69, 9.17) is 16.3 Å². The van der Waals surface area contributed by atoms with Crippen molar-refractivity contribution in [3.8, 4) is 0 Å². The quantitative estimate of drug-likeness (QED) is 0.805. The predicted molar refractivity (Wildman–Crippen MR) is 96.0 cm³/mol. The van der Waals surface area contributed by atoms with E-state index in [1.807, 2.05) is 11.6 Å². The molecule has 142 valence electrons. The zero-order valence-corrected chi connectivity index (χ0v) is 15.4. The maximum Gasteiger partial charge on any atom is 0.414 e. The normalized spacial score (nSPS) is 19.2. The number of ether oxygens (including phenoxy) is 1. The van der Waals surface area contributed by atoms with Crippen LogP contribution < -0.4 is 4.90 Å². The number of nitrogens with zero attached hydrogens (tertiary/aromatic N) is 4. The Kier molecular flexibility index (Phi) is 4.51. The SMILES string of the molecule is CC1Cn2ncc(N3CCOC3=O)c2CN1C(=O)Cc1ccc(F)c(Cl)c1. The van der Waals surface area contributed by atoms with Crippen LogP contribution in [0.2, 0.25) is 5.02 Å². The van der Waals surface area contributed by atoms with Gasteiger partial charge < -0.3 is 9.64 Å². The summed E-state index contributed by atoms with van der Waals surface area (Å²) in [5.74, 6) is -0.599. The lowest BCUT2D eigenvalue weighted by molar-refractivity contribution is -0.134. The molecular formula is C18H18ClFN4O3. The first-order valence-corrected chi connectivity index (χ1v) is 9.04. The van der Waals surface area contributed by atoms with Crippen LogP contribution in [0.3, 0.4) is 0 Å². The maximum absolute atomic E-state index is 13.3. The molecule has 2 aromatic rings. The maximum atomic E-state index is 13.3. The van der Waals surface area contributed by atoms with Crippen LogP contribution >= 0.6 is 11.6 Å². The van der Waals surface area contributed by atoms with E-state index >= 15 is 0 Å². The third-order valence-corrected chi connectivity index (χ3v) is 5.22. The highest BCUT2D eigenvalue weighted by atomic mass is 35.5. The topological polar surface area (TPSA) is 67.7 Å². The van der Waals surface area contributed by atoms with Crippen LogP contribution in [0.4, 0.5) is 14.9 Å². The van der Waals surface area contributed by atoms with E-state index in [1.165, 1.54) is 17.0 Å². The number of hydrogen-bond donors (Lipinski definition) is 0. The monoisotopic (exact) mass is 392 g/mol. The summed E-state index contributed by atoms with van der Waals surface area (Å²) in [7, 11) is 0. The minimum Gasteiger partial charge on any atom is -0.447 e. The number of aromatic nitrogens is 2. The number of halogens is 2. The lowest BCUT2D eigenvalue weighted by Gasteiger charge is -2.35. The number of benzene rings is 1. The molecule has 3 heterocycles. The smallest absolute Gasteiger partial charge is 0.414 e. The molecule has 1 atom stereocenters. The summed E-state index contributed by atoms with van der Waals surface area (Å²) in [6, 6.07) is 4.24. The van der Waals surface area contributed by atoms with Crippen LogP contribution in [0.15, 0.2) is 24.4 Å². The van der Waals surface area contributed by atoms with Crippen molar-refractivity contribution in [2.24, 2.45) is 0 Å². The Labute approximate surface area is 160 Å². The Hall–Kier alpha value is -2.61. The first kappa shape index (κ1) is 17.8. The van der Waals surface area contributed by atoms with Crippen LogP contribution in [0.1, 0.15) is 18.2 Å². The van der Waals surface area contributed by atoms with Gasteiger partial charge in [-0.05, 0) is 24.6 Å². The molecule has 0 saturated carbocycles. The second kappa shape index (κ2) is 6.84. The van der Waals surface area contributed by atoms with Gasteiger partial charge in [-0.15, -0.1) is 0 Å². The lowest BCUT2D eigenvalue weighted by Crippen LogP contribution is -2.46. The fourth-order valence-corrected chi connectivity index (χ4v) is 3.69. The number of rotatable bonds is 3. The van der Waals surface area contributed by atoms with Gasteiger partial charge in [-0.3, -0.25) is 14.4 Å². The second-order valence-corrected chi connectivity index (χ2v) is 7.13. The summed E-state index contributed by atoms with van der Waals surface area (Å²) in [4.78, 5) is 28.0. The van der Waals surface area contributed by atoms with E-state index in [0.29, 0.717) is 37.5 Å². The summed E-state index contributed by atoms with van der Waals surface area (Å²) in [6.07, 6.45) is 1.37. The molecule has 4 rings (SSSR count). The average Bonchev–Trinajstić information content (AvgIpc) is 3.22. The molecule has 0 bridgehead atoms. The van der Waals surface area contributed by atoms with Gasteiger partial charge in [0.1, 0.15) is 12.4 Å². The molecule has 1 unspecified atom stereocenters. The fourth-order valence-electron chi connectivity index (χ4n) is 3.48. The molecule has 2 aliphatic heterocycles. The molecule has 1 fully saturated rings. The van der Waals surface area contributed by atoms with Gasteiger partial charge >= 0.3 is 6.09 Å². The van der Waals surface area contributed by atoms with E-state index < -0.39 is 11.9 Å². The van der Waals surface area contributed by atoms with Crippen molar-refractivity contribution in [2.45, 2.75) is 32.5 Å². The van der Waals surface area contributed by atoms with Crippen LogP contribution in [-0.4, -0.2) is 45.9 Å². The van der Waals surface area contributed by atoms with Crippen molar-refractivity contribution < 1.29 is 18.7 Å². The Balaban J connectivity index is 1.55. The van der Waals surface area contributed by atoms with Crippen molar-refractivity contribution >= 4 is 29.3 Å². The van der Waals surface area contributed by atoms with E-state index in [0.717, 1.165) is 5.69 Å². The molecule has 2 amide bonds. The predicted octanol–water partition coefficient (Wildman–Crippen LogP) is 2.61. The third-order valence-electron chi connectivity index (χ3n) is 4.93. The molecule has 0 radical (unpaired) electrons. The van der Waals surface area contributed by atoms with E-state index in [-0.39, 0.29) is 23.4 Å². The van der Waals surface area contributed by atoms with Crippen molar-refractivity contribution in [3.05, 3.63) is 46.5 Å². The molecule has 2 aliphatic rings. The molecule has 0 aliphatic carbocycles. The summed E-state index contributed by atoms with van der Waals surface area (Å²) in [5.41, 5.74) is 2.13. The van der Waals surface area contributed by atoms with Crippen LogP contribution in [0.5, 0.6) is 0 Å². The zero-order valence-electron chi connectivity index (χ0n) is 14.7. The lowest BCUT2D eigenvalue weighted by atomic mass is 10.1. The summed E-state index contributed by atoms with van der Waals surface area (Å²) < 4.78 is 20.2. The van der Waals surface area contributed by atoms with Gasteiger partial charge in [-0.25, -0.2) is 9.18 Å². The van der Waals surface area contributed by atoms with E-state index in [2.05, 4.69) is 5.10 Å². The molecule has 0 N–H and O–H groups in total. The molecular weight excluding hydrogens is 375 g/mol. The molecule has 1 saturated heterocycles. The minimum atomic E-state index is -0.509. The molecule has 0 spiro atoms. The molecule has 1 aromatic heterocycles. The molecule has 9 heteroatoms. The standard InChI is InChI=1S/C18H18ClFN4O3/c1-11-9-24-16(15(8-21-24)22-4-5-27-18(22)26)10-23(11)17(25)7-12-2-3-14(20)13(19)6-12/h2-3,6,8,11H,4-5,7,9-10H2,1H3. The first-order chi connectivity index (χ1) is 12.9. The van der Waals surface area contributed by atoms with Crippen LogP contribution in [-0.2, 0) is 29.0 Å². The van der Waals surface area contributed by atoms with Crippen molar-refractivity contribution in [1.82, 2.24) is 14.7 Å². The first-order valence-electron chi connectivity index (χ1n) is 8.66. The number of hydrogen-bond acceptors (Lipinski definition) is 4. The third kappa shape index (κ3) is 3.25. The summed E-state index contributed by atoms with van der Waals surface area (Å²) in [6.45, 7) is 3.63. The Morgan fingerprint density at radius 1 is 1.44 bits per heavy atom. The summed E-state index contributed by atoms with van der Waals surface area (Å²) in [5, 5.41) is 4.36. The van der Waals surface area contributed by atoms with Gasteiger partial charge in [0.05, 0.1) is 48.7 Å². The Morgan fingerprint density at radius 3 is 2.96 bits per heavy atom. The summed E-state index contributed by atoms with van der Waals surface area (Å²) >= 11 is 5.81. The van der Waals surface area contributed by atoms with E-state index in [1.54, 1.807) is 17.2 Å². The number of carbonyl (C=O) groups is 2. The van der Waals surface area contributed by atoms with Crippen LogP contribution in [0.25, 0.3) is 0 Å². The van der Waals surface area contributed by atoms with Crippen LogP contribution in [0, 0.1) is 5.82 Å². The number of anilines is 1. The highest BCUT2D eigenvalue weighted by Gasteiger charge is 2.34. The number of cyclic esters (lactones) is 1. The van der Waals surface area contributed by atoms with Gasteiger partial charge in [0.2, 0.25) is 5.91 Å². The average molecular weight is 393 g/mol. The van der Waals surface area contributed by atoms with Gasteiger partial charge in [0, 0.05) is 6.04 Å². The molecule has 7 nitrogen and oxygen atoms in total. The largest absolute Gasteiger partial charge is 0.447 e. The zero-order chi connectivity index (χ0) is 19.1. The number of amides is 2. The van der Waals surface area contributed by atoms with Crippen molar-refractivity contribution in [1.29, 1.82) is 0 Å². The highest BCUT2D eigenvalue weighted by Crippen LogP contribution is 2.29. The molecule has 27 heavy (non-hydrogen) atoms. The van der Waals surface area contributed by atoms with Gasteiger partial charge in [-0.2, -0.15) is 5.10 Å².